The SMILES string of the molecule is COc1ccc(CNCCCOC(C)C)cc1.O=C(O)C(=O)O. The van der Waals surface area contributed by atoms with Crippen LogP contribution in [0.15, 0.2) is 24.3 Å². The normalized spacial score (nSPS) is 9.91. The molecule has 7 heteroatoms. The predicted octanol–water partition coefficient (Wildman–Crippen LogP) is 1.76. The zero-order chi connectivity index (χ0) is 17.7. The molecule has 0 radical (unpaired) electrons. The van der Waals surface area contributed by atoms with E-state index in [0.29, 0.717) is 6.10 Å². The molecule has 0 amide bonds. The number of carboxylic acids is 2. The topological polar surface area (TPSA) is 105 Å². The van der Waals surface area contributed by atoms with Gasteiger partial charge in [-0.2, -0.15) is 0 Å². The lowest BCUT2D eigenvalue weighted by atomic mass is 10.2. The van der Waals surface area contributed by atoms with E-state index in [4.69, 9.17) is 29.3 Å². The zero-order valence-corrected chi connectivity index (χ0v) is 13.7. The van der Waals surface area contributed by atoms with Gasteiger partial charge in [0.2, 0.25) is 0 Å². The standard InChI is InChI=1S/C14H23NO2.C2H2O4/c1-12(2)17-10-4-9-15-11-13-5-7-14(16-3)8-6-13;3-1(4)2(5)6/h5-8,12,15H,4,9-11H2,1-3H3;(H,3,4)(H,5,6). The van der Waals surface area contributed by atoms with E-state index in [1.54, 1.807) is 7.11 Å². The van der Waals surface area contributed by atoms with Gasteiger partial charge in [0.25, 0.3) is 0 Å². The number of benzene rings is 1. The molecule has 0 unspecified atom stereocenters. The van der Waals surface area contributed by atoms with Gasteiger partial charge in [0.05, 0.1) is 13.2 Å². The third kappa shape index (κ3) is 12.1. The first kappa shape index (κ1) is 20.9. The second-order valence-corrected chi connectivity index (χ2v) is 4.91. The maximum Gasteiger partial charge on any atom is 0.414 e. The van der Waals surface area contributed by atoms with Crippen LogP contribution < -0.4 is 10.1 Å². The van der Waals surface area contributed by atoms with E-state index in [2.05, 4.69) is 31.3 Å². The summed E-state index contributed by atoms with van der Waals surface area (Å²) in [6, 6.07) is 8.13. The van der Waals surface area contributed by atoms with Crippen molar-refractivity contribution in [3.63, 3.8) is 0 Å². The lowest BCUT2D eigenvalue weighted by molar-refractivity contribution is -0.159. The summed E-state index contributed by atoms with van der Waals surface area (Å²) in [7, 11) is 1.68. The molecule has 0 bridgehead atoms. The van der Waals surface area contributed by atoms with Gasteiger partial charge in [-0.25, -0.2) is 9.59 Å². The number of carbonyl (C=O) groups is 2. The molecule has 3 N–H and O–H groups in total. The largest absolute Gasteiger partial charge is 0.497 e. The number of hydrogen-bond donors (Lipinski definition) is 3. The highest BCUT2D eigenvalue weighted by atomic mass is 16.5. The summed E-state index contributed by atoms with van der Waals surface area (Å²) in [6.45, 7) is 6.83. The molecule has 23 heavy (non-hydrogen) atoms. The molecule has 1 aromatic carbocycles. The Bertz CT molecular complexity index is 446. The summed E-state index contributed by atoms with van der Waals surface area (Å²) in [4.78, 5) is 18.2. The van der Waals surface area contributed by atoms with Crippen LogP contribution in [0.4, 0.5) is 0 Å². The zero-order valence-electron chi connectivity index (χ0n) is 13.7. The summed E-state index contributed by atoms with van der Waals surface area (Å²) in [5, 5.41) is 18.2. The van der Waals surface area contributed by atoms with E-state index < -0.39 is 11.9 Å². The van der Waals surface area contributed by atoms with Gasteiger partial charge in [-0.05, 0) is 44.5 Å². The highest BCUT2D eigenvalue weighted by molar-refractivity contribution is 6.27. The van der Waals surface area contributed by atoms with E-state index in [1.165, 1.54) is 5.56 Å². The molecular formula is C16H25NO6. The van der Waals surface area contributed by atoms with Gasteiger partial charge in [-0.15, -0.1) is 0 Å². The summed E-state index contributed by atoms with van der Waals surface area (Å²) in [6.07, 6.45) is 1.38. The third-order valence-corrected chi connectivity index (χ3v) is 2.62. The van der Waals surface area contributed by atoms with Gasteiger partial charge in [0.1, 0.15) is 5.75 Å². The molecule has 1 rings (SSSR count). The lowest BCUT2D eigenvalue weighted by Crippen LogP contribution is -2.17. The molecule has 0 spiro atoms. The smallest absolute Gasteiger partial charge is 0.414 e. The Morgan fingerprint density at radius 1 is 1.13 bits per heavy atom. The molecule has 0 heterocycles. The number of nitrogens with one attached hydrogen (secondary N) is 1. The Kier molecular flexibility index (Phi) is 11.3. The first-order valence-electron chi connectivity index (χ1n) is 7.28. The monoisotopic (exact) mass is 327 g/mol. The van der Waals surface area contributed by atoms with Crippen molar-refractivity contribution in [2.24, 2.45) is 0 Å². The number of rotatable bonds is 8. The van der Waals surface area contributed by atoms with Gasteiger partial charge < -0.3 is 25.0 Å². The highest BCUT2D eigenvalue weighted by Crippen LogP contribution is 2.10. The summed E-state index contributed by atoms with van der Waals surface area (Å²) >= 11 is 0. The minimum Gasteiger partial charge on any atom is -0.497 e. The number of ether oxygens (including phenoxy) is 2. The third-order valence-electron chi connectivity index (χ3n) is 2.62. The maximum atomic E-state index is 9.10. The molecule has 130 valence electrons. The fourth-order valence-electron chi connectivity index (χ4n) is 1.49. The van der Waals surface area contributed by atoms with Crippen LogP contribution in [0.1, 0.15) is 25.8 Å². The van der Waals surface area contributed by atoms with Crippen LogP contribution in [0.25, 0.3) is 0 Å². The number of aliphatic carboxylic acids is 2. The van der Waals surface area contributed by atoms with Crippen LogP contribution >= 0.6 is 0 Å². The minimum atomic E-state index is -1.82. The van der Waals surface area contributed by atoms with Crippen molar-refractivity contribution in [3.05, 3.63) is 29.8 Å². The van der Waals surface area contributed by atoms with Gasteiger partial charge in [-0.1, -0.05) is 12.1 Å². The Hall–Kier alpha value is -2.12. The Morgan fingerprint density at radius 2 is 1.70 bits per heavy atom. The van der Waals surface area contributed by atoms with Gasteiger partial charge in [-0.3, -0.25) is 0 Å². The van der Waals surface area contributed by atoms with E-state index in [0.717, 1.165) is 31.9 Å². The molecule has 1 aromatic rings. The van der Waals surface area contributed by atoms with E-state index in [9.17, 15) is 0 Å². The van der Waals surface area contributed by atoms with E-state index >= 15 is 0 Å². The van der Waals surface area contributed by atoms with Gasteiger partial charge in [0.15, 0.2) is 0 Å². The number of carboxylic acid groups (broad SMARTS) is 2. The van der Waals surface area contributed by atoms with Crippen molar-refractivity contribution >= 4 is 11.9 Å². The second kappa shape index (κ2) is 12.4. The van der Waals surface area contributed by atoms with Crippen LogP contribution in [-0.2, 0) is 20.9 Å². The van der Waals surface area contributed by atoms with Crippen molar-refractivity contribution in [1.29, 1.82) is 0 Å². The summed E-state index contributed by atoms with van der Waals surface area (Å²) < 4.78 is 10.6. The van der Waals surface area contributed by atoms with Crippen LogP contribution in [0, 0.1) is 0 Å². The van der Waals surface area contributed by atoms with Gasteiger partial charge >= 0.3 is 11.9 Å². The van der Waals surface area contributed by atoms with Crippen LogP contribution in [-0.4, -0.2) is 48.5 Å². The van der Waals surface area contributed by atoms with Crippen LogP contribution in [0.2, 0.25) is 0 Å². The average molecular weight is 327 g/mol. The fourth-order valence-corrected chi connectivity index (χ4v) is 1.49. The minimum absolute atomic E-state index is 0.330. The number of methoxy groups -OCH3 is 1. The molecule has 7 nitrogen and oxygen atoms in total. The second-order valence-electron chi connectivity index (χ2n) is 4.91. The fraction of sp³-hybridized carbons (Fsp3) is 0.500. The molecular weight excluding hydrogens is 302 g/mol. The molecule has 0 aliphatic heterocycles. The van der Waals surface area contributed by atoms with Crippen LogP contribution in [0.3, 0.4) is 0 Å². The lowest BCUT2D eigenvalue weighted by Gasteiger charge is -2.08. The summed E-state index contributed by atoms with van der Waals surface area (Å²) in [5.74, 6) is -2.75. The Balaban J connectivity index is 0.000000688. The molecule has 0 saturated carbocycles. The van der Waals surface area contributed by atoms with E-state index in [-0.39, 0.29) is 0 Å². The molecule has 0 aromatic heterocycles. The quantitative estimate of drug-likeness (QED) is 0.493. The molecule has 0 saturated heterocycles. The van der Waals surface area contributed by atoms with Crippen molar-refractivity contribution in [3.8, 4) is 5.75 Å². The molecule has 0 fully saturated rings. The molecule has 0 aliphatic rings. The average Bonchev–Trinajstić information content (AvgIpc) is 2.51. The summed E-state index contributed by atoms with van der Waals surface area (Å²) in [5.41, 5.74) is 1.27. The van der Waals surface area contributed by atoms with Crippen molar-refractivity contribution < 1.29 is 29.3 Å². The molecule has 0 aliphatic carbocycles. The van der Waals surface area contributed by atoms with Crippen molar-refractivity contribution in [2.45, 2.75) is 32.9 Å². The van der Waals surface area contributed by atoms with Crippen LogP contribution in [0.5, 0.6) is 5.75 Å². The van der Waals surface area contributed by atoms with E-state index in [1.807, 2.05) is 12.1 Å². The number of hydrogen-bond acceptors (Lipinski definition) is 5. The highest BCUT2D eigenvalue weighted by Gasteiger charge is 2.04. The van der Waals surface area contributed by atoms with Gasteiger partial charge in [0, 0.05) is 13.2 Å². The first-order valence-corrected chi connectivity index (χ1v) is 7.28. The molecule has 0 atom stereocenters. The Morgan fingerprint density at radius 3 is 2.13 bits per heavy atom. The maximum absolute atomic E-state index is 9.10. The van der Waals surface area contributed by atoms with Crippen molar-refractivity contribution in [2.75, 3.05) is 20.3 Å². The predicted molar refractivity (Wildman–Crippen MR) is 85.7 cm³/mol. The van der Waals surface area contributed by atoms with Crippen molar-refractivity contribution in [1.82, 2.24) is 5.32 Å². The first-order chi connectivity index (χ1) is 10.9. The Labute approximate surface area is 136 Å².